The van der Waals surface area contributed by atoms with E-state index in [1.807, 2.05) is 63.2 Å². The van der Waals surface area contributed by atoms with Gasteiger partial charge in [-0.1, -0.05) is 56.3 Å². The van der Waals surface area contributed by atoms with Gasteiger partial charge in [0.15, 0.2) is 5.82 Å². The molecule has 10 nitrogen and oxygen atoms in total. The zero-order valence-electron chi connectivity index (χ0n) is 20.9. The van der Waals surface area contributed by atoms with Crippen molar-refractivity contribution in [3.05, 3.63) is 77.2 Å². The van der Waals surface area contributed by atoms with Crippen molar-refractivity contribution in [2.24, 2.45) is 0 Å². The molecule has 5 rings (SSSR count). The summed E-state index contributed by atoms with van der Waals surface area (Å²) in [5.41, 5.74) is 3.53. The summed E-state index contributed by atoms with van der Waals surface area (Å²) >= 11 is 0. The number of carbonyl (C=O) groups is 1. The second kappa shape index (κ2) is 9.98. The van der Waals surface area contributed by atoms with Crippen LogP contribution in [-0.4, -0.2) is 44.3 Å². The SMILES string of the molecule is CC(C)(C)c1noc(-c2cnc(Nc3ccc4c(c3)CCNC4=O)nc2N[C@H](CO)c2ccccc2)n1. The van der Waals surface area contributed by atoms with E-state index in [-0.39, 0.29) is 23.8 Å². The van der Waals surface area contributed by atoms with Crippen LogP contribution in [-0.2, 0) is 11.8 Å². The van der Waals surface area contributed by atoms with Crippen molar-refractivity contribution in [1.82, 2.24) is 25.4 Å². The van der Waals surface area contributed by atoms with Crippen LogP contribution in [0.2, 0.25) is 0 Å². The predicted molar refractivity (Wildman–Crippen MR) is 140 cm³/mol. The van der Waals surface area contributed by atoms with E-state index in [2.05, 4.69) is 31.1 Å². The summed E-state index contributed by atoms with van der Waals surface area (Å²) < 4.78 is 5.57. The molecule has 10 heteroatoms. The summed E-state index contributed by atoms with van der Waals surface area (Å²) in [5, 5.41) is 23.7. The van der Waals surface area contributed by atoms with Gasteiger partial charge in [-0.25, -0.2) is 4.98 Å². The maximum Gasteiger partial charge on any atom is 0.263 e. The van der Waals surface area contributed by atoms with Crippen LogP contribution in [0.15, 0.2) is 59.3 Å². The lowest BCUT2D eigenvalue weighted by Crippen LogP contribution is -2.31. The van der Waals surface area contributed by atoms with E-state index in [4.69, 9.17) is 9.51 Å². The van der Waals surface area contributed by atoms with Gasteiger partial charge in [0.05, 0.1) is 12.6 Å². The number of amides is 1. The minimum Gasteiger partial charge on any atom is -0.394 e. The van der Waals surface area contributed by atoms with Gasteiger partial charge in [0.2, 0.25) is 5.95 Å². The third kappa shape index (κ3) is 5.29. The van der Waals surface area contributed by atoms with Gasteiger partial charge < -0.3 is 25.6 Å². The molecule has 1 atom stereocenters. The molecule has 0 unspecified atom stereocenters. The smallest absolute Gasteiger partial charge is 0.263 e. The standard InChI is InChI=1S/C27H29N7O3/c1-27(2,3)25-33-24(37-34-25)20-14-29-26(30-18-9-10-19-17(13-18)11-12-28-23(19)36)32-22(20)31-21(15-35)16-7-5-4-6-8-16/h4-10,13-14,21,35H,11-12,15H2,1-3H3,(H,28,36)(H2,29,30,31,32)/t21-/m1/s1. The largest absolute Gasteiger partial charge is 0.394 e. The number of hydrogen-bond donors (Lipinski definition) is 4. The molecular weight excluding hydrogens is 470 g/mol. The summed E-state index contributed by atoms with van der Waals surface area (Å²) in [4.78, 5) is 25.8. The van der Waals surface area contributed by atoms with Crippen LogP contribution >= 0.6 is 0 Å². The molecule has 0 radical (unpaired) electrons. The Morgan fingerprint density at radius 2 is 1.92 bits per heavy atom. The van der Waals surface area contributed by atoms with Gasteiger partial charge in [-0.05, 0) is 35.7 Å². The van der Waals surface area contributed by atoms with Crippen molar-refractivity contribution < 1.29 is 14.4 Å². The highest BCUT2D eigenvalue weighted by Gasteiger charge is 2.25. The fourth-order valence-corrected chi connectivity index (χ4v) is 4.07. The second-order valence-electron chi connectivity index (χ2n) is 9.92. The Bertz CT molecular complexity index is 1410. The number of nitrogens with zero attached hydrogens (tertiary/aromatic N) is 4. The van der Waals surface area contributed by atoms with Gasteiger partial charge in [-0.15, -0.1) is 0 Å². The molecule has 190 valence electrons. The first-order chi connectivity index (χ1) is 17.8. The quantitative estimate of drug-likeness (QED) is 0.297. The molecule has 0 saturated heterocycles. The fraction of sp³-hybridized carbons (Fsp3) is 0.296. The number of nitrogens with one attached hydrogen (secondary N) is 3. The molecule has 0 bridgehead atoms. The molecule has 0 saturated carbocycles. The summed E-state index contributed by atoms with van der Waals surface area (Å²) in [6, 6.07) is 14.7. The van der Waals surface area contributed by atoms with Gasteiger partial charge in [-0.2, -0.15) is 9.97 Å². The highest BCUT2D eigenvalue weighted by molar-refractivity contribution is 5.97. The Balaban J connectivity index is 1.50. The lowest BCUT2D eigenvalue weighted by atomic mass is 9.96. The first-order valence-corrected chi connectivity index (χ1v) is 12.1. The molecule has 1 aliphatic rings. The van der Waals surface area contributed by atoms with Crippen molar-refractivity contribution in [3.8, 4) is 11.5 Å². The van der Waals surface area contributed by atoms with E-state index in [9.17, 15) is 9.90 Å². The summed E-state index contributed by atoms with van der Waals surface area (Å²) in [5.74, 6) is 1.55. The van der Waals surface area contributed by atoms with Crippen molar-refractivity contribution in [2.75, 3.05) is 23.8 Å². The topological polar surface area (TPSA) is 138 Å². The molecule has 0 fully saturated rings. The van der Waals surface area contributed by atoms with E-state index in [0.717, 1.165) is 23.2 Å². The molecule has 0 aliphatic carbocycles. The molecule has 1 amide bonds. The second-order valence-corrected chi connectivity index (χ2v) is 9.92. The van der Waals surface area contributed by atoms with Crippen molar-refractivity contribution in [3.63, 3.8) is 0 Å². The molecular formula is C27H29N7O3. The maximum atomic E-state index is 12.1. The molecule has 37 heavy (non-hydrogen) atoms. The van der Waals surface area contributed by atoms with Gasteiger partial charge in [0.1, 0.15) is 11.4 Å². The molecule has 2 aromatic carbocycles. The zero-order chi connectivity index (χ0) is 26.0. The van der Waals surface area contributed by atoms with Crippen LogP contribution in [0, 0.1) is 0 Å². The van der Waals surface area contributed by atoms with E-state index in [1.165, 1.54) is 0 Å². The number of benzene rings is 2. The number of aromatic nitrogens is 4. The number of hydrogen-bond acceptors (Lipinski definition) is 9. The summed E-state index contributed by atoms with van der Waals surface area (Å²) in [7, 11) is 0. The van der Waals surface area contributed by atoms with Crippen molar-refractivity contribution in [1.29, 1.82) is 0 Å². The Morgan fingerprint density at radius 1 is 1.11 bits per heavy atom. The molecule has 4 aromatic rings. The van der Waals surface area contributed by atoms with Crippen LogP contribution in [0.4, 0.5) is 17.5 Å². The Kier molecular flexibility index (Phi) is 6.58. The molecule has 2 aromatic heterocycles. The fourth-order valence-electron chi connectivity index (χ4n) is 4.07. The number of aliphatic hydroxyl groups is 1. The predicted octanol–water partition coefficient (Wildman–Crippen LogP) is 4.00. The van der Waals surface area contributed by atoms with Gasteiger partial charge >= 0.3 is 0 Å². The third-order valence-corrected chi connectivity index (χ3v) is 6.10. The number of fused-ring (bicyclic) bond motifs is 1. The van der Waals surface area contributed by atoms with Crippen molar-refractivity contribution >= 4 is 23.4 Å². The first kappa shape index (κ1) is 24.4. The van der Waals surface area contributed by atoms with Crippen LogP contribution in [0.5, 0.6) is 0 Å². The zero-order valence-corrected chi connectivity index (χ0v) is 20.9. The number of rotatable bonds is 7. The molecule has 3 heterocycles. The van der Waals surface area contributed by atoms with Crippen LogP contribution in [0.3, 0.4) is 0 Å². The average molecular weight is 500 g/mol. The van der Waals surface area contributed by atoms with Gasteiger partial charge in [0, 0.05) is 29.4 Å². The van der Waals surface area contributed by atoms with E-state index in [0.29, 0.717) is 35.3 Å². The first-order valence-electron chi connectivity index (χ1n) is 12.1. The monoisotopic (exact) mass is 499 g/mol. The van der Waals surface area contributed by atoms with Crippen LogP contribution in [0.25, 0.3) is 11.5 Å². The maximum absolute atomic E-state index is 12.1. The summed E-state index contributed by atoms with van der Waals surface area (Å²) in [6.45, 7) is 6.47. The highest BCUT2D eigenvalue weighted by Crippen LogP contribution is 2.31. The number of carbonyl (C=O) groups excluding carboxylic acids is 1. The van der Waals surface area contributed by atoms with Gasteiger partial charge in [-0.3, -0.25) is 4.79 Å². The molecule has 0 spiro atoms. The van der Waals surface area contributed by atoms with Gasteiger partial charge in [0.25, 0.3) is 11.8 Å². The Labute approximate surface area is 214 Å². The average Bonchev–Trinajstić information content (AvgIpc) is 3.39. The number of anilines is 3. The Morgan fingerprint density at radius 3 is 2.65 bits per heavy atom. The minimum absolute atomic E-state index is 0.0648. The highest BCUT2D eigenvalue weighted by atomic mass is 16.5. The Hall–Kier alpha value is -4.31. The third-order valence-electron chi connectivity index (χ3n) is 6.10. The molecule has 1 aliphatic heterocycles. The van der Waals surface area contributed by atoms with Crippen LogP contribution in [0.1, 0.15) is 54.1 Å². The minimum atomic E-state index is -0.421. The molecule has 4 N–H and O–H groups in total. The lowest BCUT2D eigenvalue weighted by molar-refractivity contribution is 0.0946. The number of aliphatic hydroxyl groups excluding tert-OH is 1. The van der Waals surface area contributed by atoms with E-state index in [1.54, 1.807) is 12.3 Å². The van der Waals surface area contributed by atoms with E-state index < -0.39 is 6.04 Å². The van der Waals surface area contributed by atoms with E-state index >= 15 is 0 Å². The summed E-state index contributed by atoms with van der Waals surface area (Å²) in [6.07, 6.45) is 2.37. The normalized spacial score (nSPS) is 14.0. The lowest BCUT2D eigenvalue weighted by Gasteiger charge is -2.20. The van der Waals surface area contributed by atoms with Crippen molar-refractivity contribution in [2.45, 2.75) is 38.6 Å². The van der Waals surface area contributed by atoms with Crippen LogP contribution < -0.4 is 16.0 Å².